The van der Waals surface area contributed by atoms with Crippen molar-refractivity contribution in [2.45, 2.75) is 32.4 Å². The molecule has 0 heterocycles. The van der Waals surface area contributed by atoms with Crippen molar-refractivity contribution in [3.63, 3.8) is 0 Å². The normalized spacial score (nSPS) is 13.9. The molecular weight excluding hydrogens is 256 g/mol. The number of carbonyl (C=O) groups excluding carboxylic acids is 1. The van der Waals surface area contributed by atoms with Crippen LogP contribution in [0.5, 0.6) is 11.5 Å². The minimum atomic E-state index is 0.0612. The van der Waals surface area contributed by atoms with Gasteiger partial charge in [0, 0.05) is 12.6 Å². The summed E-state index contributed by atoms with van der Waals surface area (Å²) in [5.41, 5.74) is 1.06. The Morgan fingerprint density at radius 3 is 2.80 bits per heavy atom. The fourth-order valence-corrected chi connectivity index (χ4v) is 1.93. The predicted molar refractivity (Wildman–Crippen MR) is 77.0 cm³/mol. The largest absolute Gasteiger partial charge is 0.493 e. The third-order valence-electron chi connectivity index (χ3n) is 3.09. The molecule has 0 radical (unpaired) electrons. The Bertz CT molecular complexity index is 458. The maximum absolute atomic E-state index is 11.5. The van der Waals surface area contributed by atoms with Gasteiger partial charge in [-0.1, -0.05) is 6.07 Å². The molecule has 1 aliphatic rings. The minimum Gasteiger partial charge on any atom is -0.493 e. The highest BCUT2D eigenvalue weighted by molar-refractivity contribution is 5.78. The first-order chi connectivity index (χ1) is 9.72. The van der Waals surface area contributed by atoms with Gasteiger partial charge >= 0.3 is 0 Å². The summed E-state index contributed by atoms with van der Waals surface area (Å²) < 4.78 is 10.8. The lowest BCUT2D eigenvalue weighted by molar-refractivity contribution is -0.120. The molecule has 5 heteroatoms. The van der Waals surface area contributed by atoms with Crippen LogP contribution >= 0.6 is 0 Å². The molecule has 0 spiro atoms. The van der Waals surface area contributed by atoms with Gasteiger partial charge in [0.25, 0.3) is 0 Å². The van der Waals surface area contributed by atoms with Gasteiger partial charge in [-0.05, 0) is 37.5 Å². The van der Waals surface area contributed by atoms with Crippen molar-refractivity contribution in [3.05, 3.63) is 23.8 Å². The lowest BCUT2D eigenvalue weighted by Gasteiger charge is -2.11. The number of ether oxygens (including phenoxy) is 2. The Morgan fingerprint density at radius 1 is 1.35 bits per heavy atom. The second-order valence-corrected chi connectivity index (χ2v) is 4.86. The van der Waals surface area contributed by atoms with E-state index in [4.69, 9.17) is 9.47 Å². The molecule has 0 bridgehead atoms. The van der Waals surface area contributed by atoms with Crippen LogP contribution in [-0.4, -0.2) is 32.2 Å². The number of benzene rings is 1. The topological polar surface area (TPSA) is 59.6 Å². The molecule has 0 atom stereocenters. The first-order valence-electron chi connectivity index (χ1n) is 7.02. The maximum atomic E-state index is 11.5. The van der Waals surface area contributed by atoms with Gasteiger partial charge in [-0.25, -0.2) is 0 Å². The number of amides is 1. The predicted octanol–water partition coefficient (Wildman–Crippen LogP) is 1.46. The van der Waals surface area contributed by atoms with Crippen molar-refractivity contribution < 1.29 is 14.3 Å². The average Bonchev–Trinajstić information content (AvgIpc) is 3.23. The van der Waals surface area contributed by atoms with E-state index in [1.165, 1.54) is 0 Å². The van der Waals surface area contributed by atoms with Crippen LogP contribution in [0.15, 0.2) is 18.2 Å². The second-order valence-electron chi connectivity index (χ2n) is 4.86. The summed E-state index contributed by atoms with van der Waals surface area (Å²) in [5.74, 6) is 1.52. The van der Waals surface area contributed by atoms with Crippen molar-refractivity contribution >= 4 is 5.91 Å². The van der Waals surface area contributed by atoms with Crippen molar-refractivity contribution in [1.29, 1.82) is 0 Å². The highest BCUT2D eigenvalue weighted by Crippen LogP contribution is 2.27. The van der Waals surface area contributed by atoms with Crippen molar-refractivity contribution in [2.24, 2.45) is 0 Å². The Hall–Kier alpha value is -1.75. The third-order valence-corrected chi connectivity index (χ3v) is 3.09. The zero-order valence-electron chi connectivity index (χ0n) is 12.1. The summed E-state index contributed by atoms with van der Waals surface area (Å²) in [5, 5.41) is 6.08. The van der Waals surface area contributed by atoms with E-state index in [0.717, 1.165) is 29.9 Å². The molecular formula is C15H22N2O3. The number of carbonyl (C=O) groups is 1. The quantitative estimate of drug-likeness (QED) is 0.756. The fourth-order valence-electron chi connectivity index (χ4n) is 1.93. The maximum Gasteiger partial charge on any atom is 0.234 e. The third kappa shape index (κ3) is 4.42. The lowest BCUT2D eigenvalue weighted by Crippen LogP contribution is -2.34. The summed E-state index contributed by atoms with van der Waals surface area (Å²) in [7, 11) is 1.62. The Kier molecular flexibility index (Phi) is 5.24. The number of nitrogens with one attached hydrogen (secondary N) is 2. The van der Waals surface area contributed by atoms with Crippen LogP contribution in [0.25, 0.3) is 0 Å². The number of hydrogen-bond donors (Lipinski definition) is 2. The monoisotopic (exact) mass is 278 g/mol. The zero-order valence-corrected chi connectivity index (χ0v) is 12.1. The van der Waals surface area contributed by atoms with Gasteiger partial charge in [-0.3, -0.25) is 4.79 Å². The molecule has 0 saturated heterocycles. The molecule has 5 nitrogen and oxygen atoms in total. The molecule has 0 aliphatic heterocycles. The highest BCUT2D eigenvalue weighted by atomic mass is 16.5. The molecule has 1 aromatic rings. The Balaban J connectivity index is 1.82. The van der Waals surface area contributed by atoms with Gasteiger partial charge in [0.15, 0.2) is 11.5 Å². The fraction of sp³-hybridized carbons (Fsp3) is 0.533. The molecule has 1 aromatic carbocycles. The number of rotatable bonds is 8. The minimum absolute atomic E-state index is 0.0612. The average molecular weight is 278 g/mol. The molecule has 1 aliphatic carbocycles. The molecule has 1 fully saturated rings. The van der Waals surface area contributed by atoms with Crippen LogP contribution in [0.4, 0.5) is 0 Å². The smallest absolute Gasteiger partial charge is 0.234 e. The van der Waals surface area contributed by atoms with Crippen molar-refractivity contribution in [2.75, 3.05) is 20.3 Å². The summed E-state index contributed by atoms with van der Waals surface area (Å²) in [6, 6.07) is 6.20. The van der Waals surface area contributed by atoms with Crippen molar-refractivity contribution in [3.8, 4) is 11.5 Å². The van der Waals surface area contributed by atoms with E-state index in [1.807, 2.05) is 25.1 Å². The number of hydrogen-bond acceptors (Lipinski definition) is 4. The van der Waals surface area contributed by atoms with E-state index >= 15 is 0 Å². The summed E-state index contributed by atoms with van der Waals surface area (Å²) in [4.78, 5) is 11.5. The summed E-state index contributed by atoms with van der Waals surface area (Å²) in [6.07, 6.45) is 2.23. The van der Waals surface area contributed by atoms with Gasteiger partial charge in [0.1, 0.15) is 0 Å². The first-order valence-corrected chi connectivity index (χ1v) is 7.02. The van der Waals surface area contributed by atoms with E-state index < -0.39 is 0 Å². The summed E-state index contributed by atoms with van der Waals surface area (Å²) >= 11 is 0. The van der Waals surface area contributed by atoms with E-state index in [0.29, 0.717) is 25.7 Å². The lowest BCUT2D eigenvalue weighted by atomic mass is 10.2. The van der Waals surface area contributed by atoms with Crippen LogP contribution in [0.2, 0.25) is 0 Å². The van der Waals surface area contributed by atoms with Crippen LogP contribution in [0.3, 0.4) is 0 Å². The van der Waals surface area contributed by atoms with Gasteiger partial charge in [0.2, 0.25) is 5.91 Å². The molecule has 2 N–H and O–H groups in total. The second kappa shape index (κ2) is 7.14. The molecule has 110 valence electrons. The molecule has 1 saturated carbocycles. The molecule has 0 unspecified atom stereocenters. The van der Waals surface area contributed by atoms with Crippen LogP contribution in [-0.2, 0) is 11.3 Å². The van der Waals surface area contributed by atoms with Crippen molar-refractivity contribution in [1.82, 2.24) is 10.6 Å². The van der Waals surface area contributed by atoms with E-state index in [1.54, 1.807) is 7.11 Å². The molecule has 2 rings (SSSR count). The Morgan fingerprint density at radius 2 is 2.15 bits per heavy atom. The van der Waals surface area contributed by atoms with Gasteiger partial charge in [-0.15, -0.1) is 0 Å². The molecule has 0 aromatic heterocycles. The first kappa shape index (κ1) is 14.7. The Labute approximate surface area is 119 Å². The van der Waals surface area contributed by atoms with Gasteiger partial charge in [-0.2, -0.15) is 0 Å². The molecule has 20 heavy (non-hydrogen) atoms. The van der Waals surface area contributed by atoms with Crippen LogP contribution in [0, 0.1) is 0 Å². The number of methoxy groups -OCH3 is 1. The van der Waals surface area contributed by atoms with E-state index in [-0.39, 0.29) is 5.91 Å². The summed E-state index contributed by atoms with van der Waals surface area (Å²) in [6.45, 7) is 3.50. The van der Waals surface area contributed by atoms with Crippen LogP contribution < -0.4 is 20.1 Å². The van der Waals surface area contributed by atoms with Gasteiger partial charge < -0.3 is 20.1 Å². The SMILES string of the molecule is CCOc1cc(CNCC(=O)NC2CC2)ccc1OC. The van der Waals surface area contributed by atoms with E-state index in [9.17, 15) is 4.79 Å². The van der Waals surface area contributed by atoms with E-state index in [2.05, 4.69) is 10.6 Å². The highest BCUT2D eigenvalue weighted by Gasteiger charge is 2.22. The molecule has 1 amide bonds. The van der Waals surface area contributed by atoms with Crippen LogP contribution in [0.1, 0.15) is 25.3 Å². The zero-order chi connectivity index (χ0) is 14.4. The standard InChI is InChI=1S/C15H22N2O3/c1-3-20-14-8-11(4-7-13(14)19-2)9-16-10-15(18)17-12-5-6-12/h4,7-8,12,16H,3,5-6,9-10H2,1-2H3,(H,17,18). The van der Waals surface area contributed by atoms with Gasteiger partial charge in [0.05, 0.1) is 20.3 Å².